The van der Waals surface area contributed by atoms with E-state index in [9.17, 15) is 4.79 Å². The maximum absolute atomic E-state index is 12.1. The van der Waals surface area contributed by atoms with E-state index in [1.54, 1.807) is 4.90 Å². The van der Waals surface area contributed by atoms with Gasteiger partial charge in [-0.2, -0.15) is 0 Å². The Bertz CT molecular complexity index is 411. The van der Waals surface area contributed by atoms with Gasteiger partial charge in [-0.05, 0) is 23.7 Å². The Balaban J connectivity index is 1.94. The maximum atomic E-state index is 12.1. The summed E-state index contributed by atoms with van der Waals surface area (Å²) >= 11 is 0. The van der Waals surface area contributed by atoms with Crippen molar-refractivity contribution in [1.29, 1.82) is 0 Å². The first-order valence-corrected chi connectivity index (χ1v) is 6.24. The number of piperazine rings is 1. The molecule has 1 aliphatic heterocycles. The lowest BCUT2D eigenvalue weighted by Gasteiger charge is -2.37. The van der Waals surface area contributed by atoms with Crippen LogP contribution < -0.4 is 5.73 Å². The summed E-state index contributed by atoms with van der Waals surface area (Å²) in [6, 6.07) is 0.557. The molecular weight excluding hydrogens is 234 g/mol. The summed E-state index contributed by atoms with van der Waals surface area (Å²) in [5.41, 5.74) is 5.64. The molecule has 1 unspecified atom stereocenters. The molecule has 1 aromatic rings. The molecule has 0 bridgehead atoms. The molecule has 2 heterocycles. The predicted molar refractivity (Wildman–Crippen MR) is 65.9 cm³/mol. The number of hydrogen-bond donors (Lipinski definition) is 1. The van der Waals surface area contributed by atoms with Crippen molar-refractivity contribution < 1.29 is 9.42 Å². The molecule has 1 atom stereocenters. The highest BCUT2D eigenvalue weighted by atomic mass is 16.6. The molecule has 7 heteroatoms. The quantitative estimate of drug-likeness (QED) is 0.828. The van der Waals surface area contributed by atoms with Crippen LogP contribution in [0.1, 0.15) is 30.8 Å². The largest absolute Gasteiger partial charge is 0.379 e. The van der Waals surface area contributed by atoms with Crippen LogP contribution >= 0.6 is 0 Å². The van der Waals surface area contributed by atoms with Gasteiger partial charge in [-0.3, -0.25) is 9.69 Å². The van der Waals surface area contributed by atoms with Crippen LogP contribution in [0.5, 0.6) is 0 Å². The summed E-state index contributed by atoms with van der Waals surface area (Å²) in [5, 5.41) is 6.97. The number of anilines is 1. The smallest absolute Gasteiger partial charge is 0.280 e. The number of nitrogen functional groups attached to an aromatic ring is 1. The van der Waals surface area contributed by atoms with Crippen LogP contribution in [-0.2, 0) is 0 Å². The van der Waals surface area contributed by atoms with Crippen LogP contribution in [0.2, 0.25) is 0 Å². The summed E-state index contributed by atoms with van der Waals surface area (Å²) in [6.07, 6.45) is 1.12. The van der Waals surface area contributed by atoms with Gasteiger partial charge in [0.15, 0.2) is 0 Å². The molecule has 18 heavy (non-hydrogen) atoms. The summed E-state index contributed by atoms with van der Waals surface area (Å²) in [6.45, 7) is 7.52. The number of amides is 1. The molecule has 0 radical (unpaired) electrons. The van der Waals surface area contributed by atoms with Crippen molar-refractivity contribution in [2.45, 2.75) is 26.3 Å². The number of rotatable bonds is 3. The van der Waals surface area contributed by atoms with Gasteiger partial charge < -0.3 is 10.6 Å². The standard InChI is InChI=1S/C11H19N5O2/c1-3-8(2)15-4-6-16(7-5-15)11(17)9-10(12)14-18-13-9/h8H,3-7H2,1-2H3,(H2,12,14). The normalized spacial score (nSPS) is 18.9. The van der Waals surface area contributed by atoms with Gasteiger partial charge in [0.2, 0.25) is 11.5 Å². The van der Waals surface area contributed by atoms with Gasteiger partial charge in [0, 0.05) is 32.2 Å². The fraction of sp³-hybridized carbons (Fsp3) is 0.727. The van der Waals surface area contributed by atoms with Crippen molar-refractivity contribution in [1.82, 2.24) is 20.1 Å². The zero-order chi connectivity index (χ0) is 13.1. The zero-order valence-electron chi connectivity index (χ0n) is 10.8. The molecule has 0 aromatic carbocycles. The Hall–Kier alpha value is -1.63. The highest BCUT2D eigenvalue weighted by Gasteiger charge is 2.27. The SMILES string of the molecule is CCC(C)N1CCN(C(=O)c2nonc2N)CC1. The third-order valence-electron chi connectivity index (χ3n) is 3.53. The van der Waals surface area contributed by atoms with Gasteiger partial charge in [0.05, 0.1) is 0 Å². The number of nitrogens with two attached hydrogens (primary N) is 1. The fourth-order valence-corrected chi connectivity index (χ4v) is 2.12. The first-order chi connectivity index (χ1) is 8.63. The Morgan fingerprint density at radius 3 is 2.56 bits per heavy atom. The molecule has 100 valence electrons. The highest BCUT2D eigenvalue weighted by Crippen LogP contribution is 2.13. The molecule has 1 aromatic heterocycles. The van der Waals surface area contributed by atoms with Crippen molar-refractivity contribution in [3.63, 3.8) is 0 Å². The molecule has 2 N–H and O–H groups in total. The molecule has 1 amide bonds. The first-order valence-electron chi connectivity index (χ1n) is 6.24. The summed E-state index contributed by atoms with van der Waals surface area (Å²) in [4.78, 5) is 16.2. The first kappa shape index (κ1) is 12.8. The number of aromatic nitrogens is 2. The van der Waals surface area contributed by atoms with Crippen LogP contribution in [0.3, 0.4) is 0 Å². The number of hydrogen-bond acceptors (Lipinski definition) is 6. The molecule has 0 spiro atoms. The van der Waals surface area contributed by atoms with Crippen molar-refractivity contribution in [2.75, 3.05) is 31.9 Å². The van der Waals surface area contributed by atoms with Crippen LogP contribution in [0.25, 0.3) is 0 Å². The molecule has 1 fully saturated rings. The van der Waals surface area contributed by atoms with Gasteiger partial charge in [0.1, 0.15) is 0 Å². The van der Waals surface area contributed by atoms with E-state index in [0.717, 1.165) is 19.5 Å². The van der Waals surface area contributed by atoms with E-state index in [-0.39, 0.29) is 17.4 Å². The summed E-state index contributed by atoms with van der Waals surface area (Å²) < 4.78 is 4.45. The molecule has 0 saturated carbocycles. The van der Waals surface area contributed by atoms with Crippen LogP contribution in [0, 0.1) is 0 Å². The van der Waals surface area contributed by atoms with E-state index < -0.39 is 0 Å². The van der Waals surface area contributed by atoms with Crippen molar-refractivity contribution in [2.24, 2.45) is 0 Å². The minimum atomic E-state index is -0.197. The van der Waals surface area contributed by atoms with E-state index in [1.807, 2.05) is 0 Å². The molecule has 2 rings (SSSR count). The highest BCUT2D eigenvalue weighted by molar-refractivity contribution is 5.96. The van der Waals surface area contributed by atoms with E-state index in [0.29, 0.717) is 19.1 Å². The Labute approximate surface area is 106 Å². The lowest BCUT2D eigenvalue weighted by molar-refractivity contribution is 0.0570. The zero-order valence-corrected chi connectivity index (χ0v) is 10.8. The maximum Gasteiger partial charge on any atom is 0.280 e. The van der Waals surface area contributed by atoms with Crippen LogP contribution in [0.15, 0.2) is 4.63 Å². The van der Waals surface area contributed by atoms with Gasteiger partial charge in [-0.15, -0.1) is 0 Å². The number of carbonyl (C=O) groups is 1. The Kier molecular flexibility index (Phi) is 3.81. The monoisotopic (exact) mass is 253 g/mol. The second-order valence-corrected chi connectivity index (χ2v) is 4.58. The minimum Gasteiger partial charge on any atom is -0.379 e. The fourth-order valence-electron chi connectivity index (χ4n) is 2.12. The van der Waals surface area contributed by atoms with Gasteiger partial charge in [-0.25, -0.2) is 4.63 Å². The average Bonchev–Trinajstić information content (AvgIpc) is 2.83. The molecule has 1 aliphatic rings. The van der Waals surface area contributed by atoms with Crippen LogP contribution in [-0.4, -0.2) is 58.2 Å². The Morgan fingerprint density at radius 2 is 2.06 bits per heavy atom. The second kappa shape index (κ2) is 5.34. The Morgan fingerprint density at radius 1 is 1.39 bits per heavy atom. The van der Waals surface area contributed by atoms with E-state index >= 15 is 0 Å². The topological polar surface area (TPSA) is 88.5 Å². The van der Waals surface area contributed by atoms with E-state index in [4.69, 9.17) is 5.73 Å². The van der Waals surface area contributed by atoms with Crippen molar-refractivity contribution in [3.8, 4) is 0 Å². The lowest BCUT2D eigenvalue weighted by Crippen LogP contribution is -2.51. The van der Waals surface area contributed by atoms with E-state index in [2.05, 4.69) is 33.7 Å². The molecule has 7 nitrogen and oxygen atoms in total. The molecule has 0 aliphatic carbocycles. The minimum absolute atomic E-state index is 0.0596. The summed E-state index contributed by atoms with van der Waals surface area (Å²) in [7, 11) is 0. The lowest BCUT2D eigenvalue weighted by atomic mass is 10.2. The predicted octanol–water partition coefficient (Wildman–Crippen LogP) is 0.208. The summed E-state index contributed by atoms with van der Waals surface area (Å²) in [5.74, 6) is -0.137. The average molecular weight is 253 g/mol. The van der Waals surface area contributed by atoms with Crippen molar-refractivity contribution in [3.05, 3.63) is 5.69 Å². The van der Waals surface area contributed by atoms with E-state index in [1.165, 1.54) is 0 Å². The van der Waals surface area contributed by atoms with Crippen molar-refractivity contribution >= 4 is 11.7 Å². The van der Waals surface area contributed by atoms with Crippen LogP contribution in [0.4, 0.5) is 5.82 Å². The number of nitrogens with zero attached hydrogens (tertiary/aromatic N) is 4. The molecular formula is C11H19N5O2. The molecule has 1 saturated heterocycles. The second-order valence-electron chi connectivity index (χ2n) is 4.58. The third-order valence-corrected chi connectivity index (χ3v) is 3.53. The number of carbonyl (C=O) groups excluding carboxylic acids is 1. The van der Waals surface area contributed by atoms with Gasteiger partial charge in [-0.1, -0.05) is 6.92 Å². The van der Waals surface area contributed by atoms with Gasteiger partial charge in [0.25, 0.3) is 5.91 Å². The van der Waals surface area contributed by atoms with Gasteiger partial charge >= 0.3 is 0 Å². The third kappa shape index (κ3) is 2.45.